The fraction of sp³-hybridized carbons (Fsp3) is 0.244. The molecule has 38 heteroatoms. The number of non-ortho nitro benzene ring substituents is 1. The lowest BCUT2D eigenvalue weighted by molar-refractivity contribution is -0.384. The average molecular weight is 1900 g/mol. The van der Waals surface area contributed by atoms with Crippen molar-refractivity contribution in [1.29, 1.82) is 0 Å². The zero-order valence-electron chi connectivity index (χ0n) is 68.8. The zero-order valence-corrected chi connectivity index (χ0v) is 74.1. The van der Waals surface area contributed by atoms with Crippen LogP contribution in [0.5, 0.6) is 0 Å². The number of carboxylic acid groups (broad SMARTS) is 6. The highest BCUT2D eigenvalue weighted by molar-refractivity contribution is 6.36. The van der Waals surface area contributed by atoms with Gasteiger partial charge in [0.25, 0.3) is 11.6 Å². The number of aromatic nitrogens is 6. The number of halogens is 10. The number of esters is 1. The molecule has 0 saturated heterocycles. The van der Waals surface area contributed by atoms with Gasteiger partial charge in [-0.3, -0.25) is 38.9 Å². The van der Waals surface area contributed by atoms with Crippen LogP contribution in [0.25, 0.3) is 65.4 Å². The first kappa shape index (κ1) is 99.6. The minimum atomic E-state index is -4.80. The first-order chi connectivity index (χ1) is 60.6. The SMILES string of the molecule is CCOC(=O)CCc1c(C)[nH]c2c(Cl)cc(C)cc12.Cc1[nH]c2ccc(Cl)cc2c1CCCO.Cc1cc(Cl)c2[nH]c(C(=O)O)c(CCC(=O)O)c2c1.NOC(CCc1c(C(=O)Nc2ccc(Cl)cc2)[nH]c2ccc(Cl)cc12)c1ccc(Cl)cc1.O=C(O)CCCc1c(C(=O)O)[nH]c2ccc([N+](=O)[O-])cc12.O=C(O)CCc1c(C(=O)O)[nH]c2ccc(Cl)c(C(F)(F)F)c12. The third kappa shape index (κ3) is 25.9. The predicted molar refractivity (Wildman–Crippen MR) is 486 cm³/mol. The molecular weight excluding hydrogens is 1820 g/mol. The maximum Gasteiger partial charge on any atom is 0.418 e. The molecule has 1 unspecified atom stereocenters. The minimum absolute atomic E-state index is 0.00347. The molecule has 0 radical (unpaired) electrons. The van der Waals surface area contributed by atoms with Crippen LogP contribution >= 0.6 is 81.2 Å². The average Bonchev–Trinajstić information content (AvgIpc) is 1.59. The van der Waals surface area contributed by atoms with Crippen molar-refractivity contribution in [3.63, 3.8) is 0 Å². The van der Waals surface area contributed by atoms with E-state index in [2.05, 4.69) is 48.2 Å². The second-order valence-corrected chi connectivity index (χ2v) is 32.1. The Labute approximate surface area is 761 Å². The Morgan fingerprint density at radius 3 is 1.45 bits per heavy atom. The molecule has 0 aliphatic carbocycles. The number of amides is 1. The minimum Gasteiger partial charge on any atom is -0.481 e. The molecule has 0 aliphatic rings. The molecule has 0 bridgehead atoms. The standard InChI is InChI=1S/C24H20Cl3N3O2.C15H18ClNO2.C13H9ClF3NO4.C13H12ClNO4.C13H12N2O6.C12H14ClNO/c25-15-3-1-14(2-4-15)22(32-28)12-10-19-20-13-17(27)7-11-21(20)30-23(19)24(31)29-18-8-5-16(26)6-9-18;1-4-19-14(18)6-5-11-10(3)17-15-12(11)7-9(2)8-13(15)16;14-6-2-3-7-9(10(6)13(15,16)17)5(1-4-8(19)20)11(18-7)12(21)22;1-6-4-8-7(2-3-10(16)17)12(13(18)19)15-11(8)9(14)5-6;16-11(17)3-1-2-8-9-6-7(15(20)21)4-5-10(9)14-12(8)13(18)19;1-8-10(3-2-6-15)11-7-9(13)4-5-12(11)14-8/h1-9,11,13,22,30H,10,12,28H2,(H,29,31);7-8,17H,4-6H2,1-3H3;2-3,18H,1,4H2,(H,19,20)(H,21,22);4-5,15H,2-3H2,1H3,(H,16,17)(H,18,19);4-6,14H,1-3H2,(H,16,17)(H,18,19);4-5,7,14-15H,2-3,6H2,1H3. The van der Waals surface area contributed by atoms with Gasteiger partial charge in [0.05, 0.1) is 43.2 Å². The number of rotatable bonds is 28. The lowest BCUT2D eigenvalue weighted by Gasteiger charge is -2.15. The van der Waals surface area contributed by atoms with Crippen LogP contribution in [0.3, 0.4) is 0 Å². The Kier molecular flexibility index (Phi) is 35.0. The number of H-pyrrole nitrogens is 6. The van der Waals surface area contributed by atoms with Crippen molar-refractivity contribution >= 4 is 206 Å². The Morgan fingerprint density at radius 2 is 0.906 bits per heavy atom. The van der Waals surface area contributed by atoms with Crippen molar-refractivity contribution in [2.75, 3.05) is 18.5 Å². The zero-order chi connectivity index (χ0) is 93.9. The molecule has 0 fully saturated rings. The number of aromatic amines is 6. The summed E-state index contributed by atoms with van der Waals surface area (Å²) in [7, 11) is 0. The summed E-state index contributed by atoms with van der Waals surface area (Å²) in [5, 5.41) is 83.1. The van der Waals surface area contributed by atoms with Gasteiger partial charge in [-0.25, -0.2) is 20.3 Å². The van der Waals surface area contributed by atoms with E-state index in [0.717, 1.165) is 89.8 Å². The first-order valence-corrected chi connectivity index (χ1v) is 41.9. The van der Waals surface area contributed by atoms with Crippen molar-refractivity contribution in [2.45, 2.75) is 130 Å². The number of carbonyl (C=O) groups is 8. The largest absolute Gasteiger partial charge is 0.481 e. The third-order valence-electron chi connectivity index (χ3n) is 20.3. The van der Waals surface area contributed by atoms with E-state index in [1.54, 1.807) is 54.6 Å². The number of nitrogens with one attached hydrogen (secondary N) is 7. The smallest absolute Gasteiger partial charge is 0.418 e. The summed E-state index contributed by atoms with van der Waals surface area (Å²) in [5.41, 5.74) is 12.2. The van der Waals surface area contributed by atoms with Crippen LogP contribution in [0.2, 0.25) is 35.2 Å². The highest BCUT2D eigenvalue weighted by Gasteiger charge is 2.38. The Morgan fingerprint density at radius 1 is 0.469 bits per heavy atom. The van der Waals surface area contributed by atoms with E-state index in [-0.39, 0.29) is 91.3 Å². The summed E-state index contributed by atoms with van der Waals surface area (Å²) in [6, 6.07) is 39.5. The topological polar surface area (TPSA) is 473 Å². The third-order valence-corrected chi connectivity index (χ3v) is 22.2. The van der Waals surface area contributed by atoms with E-state index < -0.39 is 75.0 Å². The van der Waals surface area contributed by atoms with Gasteiger partial charge in [-0.15, -0.1) is 0 Å². The van der Waals surface area contributed by atoms with Gasteiger partial charge in [-0.1, -0.05) is 93.3 Å². The van der Waals surface area contributed by atoms with Crippen LogP contribution in [0, 0.1) is 37.8 Å². The van der Waals surface area contributed by atoms with Crippen molar-refractivity contribution in [3.8, 4) is 0 Å². The lowest BCUT2D eigenvalue weighted by Crippen LogP contribution is -2.15. The Bertz CT molecular complexity index is 6480. The molecule has 128 heavy (non-hydrogen) atoms. The maximum atomic E-state index is 13.2. The molecule has 1 amide bonds. The summed E-state index contributed by atoms with van der Waals surface area (Å²) >= 11 is 42.1. The van der Waals surface area contributed by atoms with Gasteiger partial charge < -0.3 is 75.7 Å². The fourth-order valence-electron chi connectivity index (χ4n) is 14.5. The van der Waals surface area contributed by atoms with E-state index in [1.807, 2.05) is 76.2 Å². The number of carbonyl (C=O) groups excluding carboxylic acids is 2. The number of nitrogens with zero attached hydrogens (tertiary/aromatic N) is 1. The van der Waals surface area contributed by atoms with Gasteiger partial charge in [0.2, 0.25) is 0 Å². The number of ether oxygens (including phenoxy) is 1. The number of aliphatic hydroxyl groups is 1. The number of anilines is 1. The predicted octanol–water partition coefficient (Wildman–Crippen LogP) is 22.5. The van der Waals surface area contributed by atoms with Crippen LogP contribution in [0.15, 0.2) is 140 Å². The number of fused-ring (bicyclic) bond motifs is 6. The number of hydrogen-bond acceptors (Lipinski definition) is 14. The second-order valence-electron chi connectivity index (χ2n) is 29.2. The molecule has 14 aromatic rings. The van der Waals surface area contributed by atoms with E-state index >= 15 is 0 Å². The van der Waals surface area contributed by atoms with Crippen molar-refractivity contribution in [3.05, 3.63) is 275 Å². The van der Waals surface area contributed by atoms with E-state index in [1.165, 1.54) is 40.9 Å². The van der Waals surface area contributed by atoms with E-state index in [4.69, 9.17) is 122 Å². The first-order valence-electron chi connectivity index (χ1n) is 39.3. The van der Waals surface area contributed by atoms with E-state index in [0.29, 0.717) is 96.7 Å². The van der Waals surface area contributed by atoms with Crippen LogP contribution in [0.4, 0.5) is 24.5 Å². The van der Waals surface area contributed by atoms with E-state index in [9.17, 15) is 71.9 Å². The number of alkyl halides is 3. The quantitative estimate of drug-likeness (QED) is 0.0123. The molecule has 6 aromatic heterocycles. The van der Waals surface area contributed by atoms with Gasteiger partial charge >= 0.3 is 48.0 Å². The number of carboxylic acids is 6. The van der Waals surface area contributed by atoms with Gasteiger partial charge in [0.15, 0.2) is 0 Å². The maximum absolute atomic E-state index is 13.2. The molecule has 674 valence electrons. The van der Waals surface area contributed by atoms with Gasteiger partial charge in [-0.05, 0) is 258 Å². The van der Waals surface area contributed by atoms with Crippen LogP contribution in [-0.4, -0.2) is 131 Å². The van der Waals surface area contributed by atoms with Gasteiger partial charge in [-0.2, -0.15) is 13.2 Å². The van der Waals surface area contributed by atoms with Gasteiger partial charge in [0, 0.05) is 136 Å². The van der Waals surface area contributed by atoms with Crippen LogP contribution in [0.1, 0.15) is 167 Å². The molecule has 0 saturated carbocycles. The number of nitrogens with two attached hydrogens (primary N) is 1. The number of benzene rings is 8. The molecule has 14 rings (SSSR count). The molecule has 8 aromatic carbocycles. The highest BCUT2D eigenvalue weighted by atomic mass is 35.5. The van der Waals surface area contributed by atoms with Crippen molar-refractivity contribution in [2.24, 2.45) is 5.90 Å². The highest BCUT2D eigenvalue weighted by Crippen LogP contribution is 2.43. The molecule has 16 N–H and O–H groups in total. The summed E-state index contributed by atoms with van der Waals surface area (Å²) < 4.78 is 44.6. The number of nitro groups is 1. The number of aryl methyl sites for hydroxylation is 10. The summed E-state index contributed by atoms with van der Waals surface area (Å²) in [6.45, 7) is 10.4. The number of aromatic carboxylic acids is 3. The van der Waals surface area contributed by atoms with Crippen molar-refractivity contribution < 1.29 is 102 Å². The van der Waals surface area contributed by atoms with Crippen LogP contribution < -0.4 is 11.2 Å². The summed E-state index contributed by atoms with van der Waals surface area (Å²) in [4.78, 5) is 123. The van der Waals surface area contributed by atoms with Crippen molar-refractivity contribution in [1.82, 2.24) is 29.9 Å². The normalized spacial score (nSPS) is 11.4. The molecule has 1 atom stereocenters. The fourth-order valence-corrected chi connectivity index (χ4v) is 16.1. The van der Waals surface area contributed by atoms with Gasteiger partial charge in [0.1, 0.15) is 28.9 Å². The van der Waals surface area contributed by atoms with Crippen LogP contribution in [-0.2, 0) is 73.5 Å². The monoisotopic (exact) mass is 1900 g/mol. The summed E-state index contributed by atoms with van der Waals surface area (Å²) in [6.07, 6.45) is -1.78. The Balaban J connectivity index is 0.000000176. The molecular formula is C90H85Cl7F3N9O19. The molecule has 28 nitrogen and oxygen atoms in total. The molecule has 0 aliphatic heterocycles. The molecule has 6 heterocycles. The number of hydrogen-bond donors (Lipinski definition) is 15. The number of aliphatic hydroxyl groups excluding tert-OH is 1. The second kappa shape index (κ2) is 45.0. The number of aliphatic carboxylic acids is 3. The summed E-state index contributed by atoms with van der Waals surface area (Å²) in [5.74, 6) is -1.80. The number of nitro benzene ring substituents is 1. The lowest BCUT2D eigenvalue weighted by atomic mass is 9.99. The molecule has 0 spiro atoms. The Hall–Kier alpha value is -12.1.